The first-order valence-corrected chi connectivity index (χ1v) is 8.38. The van der Waals surface area contributed by atoms with Gasteiger partial charge in [0.05, 0.1) is 19.3 Å². The second-order valence-electron chi connectivity index (χ2n) is 6.07. The van der Waals surface area contributed by atoms with Crippen LogP contribution >= 0.6 is 0 Å². The Morgan fingerprint density at radius 1 is 1.11 bits per heavy atom. The van der Waals surface area contributed by atoms with Crippen LogP contribution < -0.4 is 15.0 Å². The SMILES string of the molecule is COc1ccc(CN=C[C@H]2C(=O)NC(=O)N(c3ccccc3C)C2=O)cc1. The van der Waals surface area contributed by atoms with Gasteiger partial charge in [-0.2, -0.15) is 0 Å². The van der Waals surface area contributed by atoms with Gasteiger partial charge in [-0.3, -0.25) is 19.9 Å². The van der Waals surface area contributed by atoms with Crippen LogP contribution in [0.25, 0.3) is 0 Å². The minimum absolute atomic E-state index is 0.305. The zero-order chi connectivity index (χ0) is 19.4. The molecule has 0 aromatic heterocycles. The number of rotatable bonds is 5. The number of carbonyl (C=O) groups is 3. The molecule has 1 aliphatic rings. The lowest BCUT2D eigenvalue weighted by Gasteiger charge is -2.29. The van der Waals surface area contributed by atoms with Crippen LogP contribution in [0.3, 0.4) is 0 Å². The second kappa shape index (κ2) is 7.82. The number of hydrogen-bond acceptors (Lipinski definition) is 5. The van der Waals surface area contributed by atoms with Crippen molar-refractivity contribution in [1.29, 1.82) is 0 Å². The van der Waals surface area contributed by atoms with Crippen molar-refractivity contribution in [2.24, 2.45) is 10.9 Å². The van der Waals surface area contributed by atoms with Crippen molar-refractivity contribution in [2.45, 2.75) is 13.5 Å². The number of carbonyl (C=O) groups excluding carboxylic acids is 3. The number of ether oxygens (including phenoxy) is 1. The molecule has 0 unspecified atom stereocenters. The number of barbiturate groups is 1. The van der Waals surface area contributed by atoms with Crippen LogP contribution in [0.5, 0.6) is 5.75 Å². The molecule has 2 aromatic carbocycles. The van der Waals surface area contributed by atoms with E-state index >= 15 is 0 Å². The van der Waals surface area contributed by atoms with Gasteiger partial charge in [0.1, 0.15) is 5.75 Å². The Morgan fingerprint density at radius 3 is 2.48 bits per heavy atom. The molecule has 0 saturated carbocycles. The van der Waals surface area contributed by atoms with Crippen LogP contribution in [0, 0.1) is 12.8 Å². The fourth-order valence-corrected chi connectivity index (χ4v) is 2.76. The Hall–Kier alpha value is -3.48. The molecule has 3 rings (SSSR count). The highest BCUT2D eigenvalue weighted by Crippen LogP contribution is 2.23. The molecule has 27 heavy (non-hydrogen) atoms. The minimum Gasteiger partial charge on any atom is -0.497 e. The van der Waals surface area contributed by atoms with Crippen molar-refractivity contribution in [3.63, 3.8) is 0 Å². The number of methoxy groups -OCH3 is 1. The lowest BCUT2D eigenvalue weighted by molar-refractivity contribution is -0.131. The Bertz CT molecular complexity index is 906. The third-order valence-electron chi connectivity index (χ3n) is 4.25. The topological polar surface area (TPSA) is 88.1 Å². The van der Waals surface area contributed by atoms with E-state index in [1.54, 1.807) is 32.2 Å². The zero-order valence-electron chi connectivity index (χ0n) is 15.0. The number of nitrogens with one attached hydrogen (secondary N) is 1. The van der Waals surface area contributed by atoms with Crippen LogP contribution in [-0.4, -0.2) is 31.2 Å². The number of aliphatic imine (C=N–C) groups is 1. The van der Waals surface area contributed by atoms with Crippen LogP contribution in [0.1, 0.15) is 11.1 Å². The third-order valence-corrected chi connectivity index (χ3v) is 4.25. The molecule has 1 N–H and O–H groups in total. The van der Waals surface area contributed by atoms with Crippen molar-refractivity contribution in [2.75, 3.05) is 12.0 Å². The number of para-hydroxylation sites is 1. The molecule has 1 aliphatic heterocycles. The molecular weight excluding hydrogens is 346 g/mol. The maximum absolute atomic E-state index is 12.8. The molecule has 4 amide bonds. The fourth-order valence-electron chi connectivity index (χ4n) is 2.76. The summed E-state index contributed by atoms with van der Waals surface area (Å²) in [6.07, 6.45) is 1.29. The van der Waals surface area contributed by atoms with Crippen molar-refractivity contribution in [1.82, 2.24) is 5.32 Å². The molecule has 138 valence electrons. The summed E-state index contributed by atoms with van der Waals surface area (Å²) in [5.74, 6) is -1.71. The van der Waals surface area contributed by atoms with Gasteiger partial charge in [0.2, 0.25) is 5.91 Å². The Kier molecular flexibility index (Phi) is 5.30. The van der Waals surface area contributed by atoms with E-state index in [0.29, 0.717) is 12.2 Å². The molecule has 7 nitrogen and oxygen atoms in total. The number of urea groups is 1. The van der Waals surface area contributed by atoms with Crippen molar-refractivity contribution >= 4 is 29.7 Å². The van der Waals surface area contributed by atoms with E-state index in [1.165, 1.54) is 6.21 Å². The molecule has 1 atom stereocenters. The Balaban J connectivity index is 1.77. The normalized spacial score (nSPS) is 17.3. The molecule has 0 radical (unpaired) electrons. The predicted molar refractivity (Wildman–Crippen MR) is 101 cm³/mol. The molecule has 0 aliphatic carbocycles. The van der Waals surface area contributed by atoms with Crippen LogP contribution in [-0.2, 0) is 16.1 Å². The number of nitrogens with zero attached hydrogens (tertiary/aromatic N) is 2. The summed E-state index contributed by atoms with van der Waals surface area (Å²) in [6.45, 7) is 2.10. The fraction of sp³-hybridized carbons (Fsp3) is 0.200. The smallest absolute Gasteiger partial charge is 0.335 e. The average molecular weight is 365 g/mol. The van der Waals surface area contributed by atoms with Crippen LogP contribution in [0.15, 0.2) is 53.5 Å². The van der Waals surface area contributed by atoms with E-state index in [-0.39, 0.29) is 0 Å². The van der Waals surface area contributed by atoms with Gasteiger partial charge in [-0.1, -0.05) is 30.3 Å². The van der Waals surface area contributed by atoms with E-state index in [0.717, 1.165) is 21.8 Å². The number of hydrogen-bond donors (Lipinski definition) is 1. The molecule has 1 saturated heterocycles. The lowest BCUT2D eigenvalue weighted by Crippen LogP contribution is -2.58. The van der Waals surface area contributed by atoms with Gasteiger partial charge in [-0.05, 0) is 36.2 Å². The van der Waals surface area contributed by atoms with Gasteiger partial charge in [0.25, 0.3) is 5.91 Å². The summed E-state index contributed by atoms with van der Waals surface area (Å²) in [5.41, 5.74) is 2.10. The molecule has 7 heteroatoms. The lowest BCUT2D eigenvalue weighted by atomic mass is 10.0. The first-order valence-electron chi connectivity index (χ1n) is 8.38. The molecule has 0 spiro atoms. The van der Waals surface area contributed by atoms with E-state index in [9.17, 15) is 14.4 Å². The van der Waals surface area contributed by atoms with E-state index in [1.807, 2.05) is 30.3 Å². The first-order chi connectivity index (χ1) is 13.0. The summed E-state index contributed by atoms with van der Waals surface area (Å²) < 4.78 is 5.10. The third kappa shape index (κ3) is 3.87. The summed E-state index contributed by atoms with van der Waals surface area (Å²) in [5, 5.41) is 2.22. The van der Waals surface area contributed by atoms with Crippen molar-refractivity contribution in [3.8, 4) is 5.75 Å². The zero-order valence-corrected chi connectivity index (χ0v) is 15.0. The standard InChI is InChI=1S/C20H19N3O4/c1-13-5-3-4-6-17(13)23-19(25)16(18(24)22-20(23)26)12-21-11-14-7-9-15(27-2)10-8-14/h3-10,12,16H,11H2,1-2H3,(H,22,24,26)/t16-/m0/s1. The minimum atomic E-state index is -1.15. The molecule has 2 aromatic rings. The van der Waals surface area contributed by atoms with Gasteiger partial charge in [-0.15, -0.1) is 0 Å². The highest BCUT2D eigenvalue weighted by molar-refractivity contribution is 6.32. The molecule has 1 heterocycles. The molecule has 0 bridgehead atoms. The van der Waals surface area contributed by atoms with Gasteiger partial charge in [0, 0.05) is 6.21 Å². The summed E-state index contributed by atoms with van der Waals surface area (Å²) >= 11 is 0. The maximum atomic E-state index is 12.8. The largest absolute Gasteiger partial charge is 0.497 e. The van der Waals surface area contributed by atoms with Crippen molar-refractivity contribution < 1.29 is 19.1 Å². The number of amides is 4. The molecule has 1 fully saturated rings. The van der Waals surface area contributed by atoms with Gasteiger partial charge < -0.3 is 4.74 Å². The van der Waals surface area contributed by atoms with E-state index in [4.69, 9.17) is 4.74 Å². The van der Waals surface area contributed by atoms with Crippen LogP contribution in [0.4, 0.5) is 10.5 Å². The number of benzene rings is 2. The second-order valence-corrected chi connectivity index (χ2v) is 6.07. The van der Waals surface area contributed by atoms with Crippen molar-refractivity contribution in [3.05, 3.63) is 59.7 Å². The summed E-state index contributed by atoms with van der Waals surface area (Å²) in [7, 11) is 1.59. The Morgan fingerprint density at radius 2 is 1.81 bits per heavy atom. The highest BCUT2D eigenvalue weighted by atomic mass is 16.5. The highest BCUT2D eigenvalue weighted by Gasteiger charge is 2.40. The van der Waals surface area contributed by atoms with Gasteiger partial charge >= 0.3 is 6.03 Å². The first kappa shape index (κ1) is 18.3. The van der Waals surface area contributed by atoms with Gasteiger partial charge in [-0.25, -0.2) is 9.69 Å². The van der Waals surface area contributed by atoms with Gasteiger partial charge in [0.15, 0.2) is 5.92 Å². The predicted octanol–water partition coefficient (Wildman–Crippen LogP) is 2.47. The summed E-state index contributed by atoms with van der Waals surface area (Å²) in [4.78, 5) is 42.3. The number of aryl methyl sites for hydroxylation is 1. The van der Waals surface area contributed by atoms with Crippen LogP contribution in [0.2, 0.25) is 0 Å². The van der Waals surface area contributed by atoms with E-state index < -0.39 is 23.8 Å². The maximum Gasteiger partial charge on any atom is 0.335 e. The molecular formula is C20H19N3O4. The number of anilines is 1. The quantitative estimate of drug-likeness (QED) is 0.651. The monoisotopic (exact) mass is 365 g/mol. The van der Waals surface area contributed by atoms with E-state index in [2.05, 4.69) is 10.3 Å². The number of imide groups is 2. The summed E-state index contributed by atoms with van der Waals surface area (Å²) in [6, 6.07) is 13.6. The Labute approximate surface area is 156 Å². The average Bonchev–Trinajstić information content (AvgIpc) is 2.66.